The number of piperidine rings is 1. The summed E-state index contributed by atoms with van der Waals surface area (Å²) in [5, 5.41) is 14.8. The summed E-state index contributed by atoms with van der Waals surface area (Å²) < 4.78 is 4.45. The van der Waals surface area contributed by atoms with Gasteiger partial charge in [-0.15, -0.1) is 0 Å². The molecular weight excluding hydrogens is 276 g/mol. The van der Waals surface area contributed by atoms with Gasteiger partial charge in [-0.25, -0.2) is 4.79 Å². The summed E-state index contributed by atoms with van der Waals surface area (Å²) in [6.07, 6.45) is 1.53. The lowest BCUT2D eigenvalue weighted by atomic mass is 9.74. The van der Waals surface area contributed by atoms with Crippen LogP contribution in [0.3, 0.4) is 0 Å². The van der Waals surface area contributed by atoms with E-state index >= 15 is 0 Å². The molecule has 1 unspecified atom stereocenters. The number of ether oxygens (including phenoxy) is 1. The zero-order valence-corrected chi connectivity index (χ0v) is 12.8. The molecular formula is C14H24N2O5. The number of amides is 1. The van der Waals surface area contributed by atoms with Crippen LogP contribution in [0.4, 0.5) is 0 Å². The van der Waals surface area contributed by atoms with E-state index in [0.717, 1.165) is 25.9 Å². The molecule has 120 valence electrons. The van der Waals surface area contributed by atoms with Gasteiger partial charge in [0.05, 0.1) is 13.5 Å². The highest BCUT2D eigenvalue weighted by molar-refractivity contribution is 5.89. The van der Waals surface area contributed by atoms with Crippen molar-refractivity contribution in [2.75, 3.05) is 20.2 Å². The van der Waals surface area contributed by atoms with E-state index < -0.39 is 23.4 Å². The third kappa shape index (κ3) is 4.70. The van der Waals surface area contributed by atoms with Crippen molar-refractivity contribution in [3.05, 3.63) is 0 Å². The van der Waals surface area contributed by atoms with E-state index in [9.17, 15) is 14.4 Å². The summed E-state index contributed by atoms with van der Waals surface area (Å²) in [4.78, 5) is 34.8. The second-order valence-corrected chi connectivity index (χ2v) is 5.91. The Morgan fingerprint density at radius 1 is 1.43 bits per heavy atom. The minimum Gasteiger partial charge on any atom is -0.480 e. The molecule has 1 aliphatic rings. The number of carboxylic acid groups (broad SMARTS) is 1. The fourth-order valence-corrected chi connectivity index (χ4v) is 2.45. The number of rotatable bonds is 6. The van der Waals surface area contributed by atoms with Crippen molar-refractivity contribution in [1.82, 2.24) is 10.6 Å². The highest BCUT2D eigenvalue weighted by atomic mass is 16.5. The number of carboxylic acids is 1. The number of aliphatic carboxylic acids is 1. The number of esters is 1. The molecule has 0 aromatic carbocycles. The molecule has 0 spiro atoms. The van der Waals surface area contributed by atoms with E-state index in [0.29, 0.717) is 0 Å². The quantitative estimate of drug-likeness (QED) is 0.603. The Kier molecular flexibility index (Phi) is 6.14. The lowest BCUT2D eigenvalue weighted by Crippen LogP contribution is -2.52. The summed E-state index contributed by atoms with van der Waals surface area (Å²) in [7, 11) is 1.18. The summed E-state index contributed by atoms with van der Waals surface area (Å²) in [5.74, 6) is -2.13. The van der Waals surface area contributed by atoms with Gasteiger partial charge < -0.3 is 20.5 Å². The second-order valence-electron chi connectivity index (χ2n) is 5.91. The van der Waals surface area contributed by atoms with Crippen molar-refractivity contribution in [2.24, 2.45) is 11.3 Å². The Morgan fingerprint density at radius 2 is 2.10 bits per heavy atom. The maximum atomic E-state index is 12.4. The summed E-state index contributed by atoms with van der Waals surface area (Å²) in [6, 6.07) is -1.26. The molecule has 1 fully saturated rings. The van der Waals surface area contributed by atoms with Crippen molar-refractivity contribution in [3.63, 3.8) is 0 Å². The van der Waals surface area contributed by atoms with Crippen molar-refractivity contribution >= 4 is 17.8 Å². The number of methoxy groups -OCH3 is 1. The third-order valence-electron chi connectivity index (χ3n) is 4.10. The van der Waals surface area contributed by atoms with Crippen LogP contribution in [-0.2, 0) is 19.1 Å². The summed E-state index contributed by atoms with van der Waals surface area (Å²) in [6.45, 7) is 5.28. The lowest BCUT2D eigenvalue weighted by molar-refractivity contribution is -0.150. The Balaban J connectivity index is 2.70. The number of carbonyl (C=O) groups is 3. The van der Waals surface area contributed by atoms with Gasteiger partial charge in [0.1, 0.15) is 6.04 Å². The van der Waals surface area contributed by atoms with Crippen LogP contribution in [0.25, 0.3) is 0 Å². The van der Waals surface area contributed by atoms with Crippen LogP contribution in [-0.4, -0.2) is 49.2 Å². The van der Waals surface area contributed by atoms with Gasteiger partial charge in [-0.1, -0.05) is 13.8 Å². The van der Waals surface area contributed by atoms with Crippen LogP contribution >= 0.6 is 0 Å². The van der Waals surface area contributed by atoms with E-state index in [4.69, 9.17) is 5.11 Å². The molecule has 1 aliphatic heterocycles. The first kappa shape index (κ1) is 17.4. The molecule has 7 heteroatoms. The predicted octanol–water partition coefficient (Wildman–Crippen LogP) is 0.145. The SMILES string of the molecule is COC(=O)C[C@H](NC(=O)C(C)(C)C1CCCNC1)C(=O)O. The molecule has 0 aromatic heterocycles. The van der Waals surface area contributed by atoms with E-state index in [-0.39, 0.29) is 18.2 Å². The van der Waals surface area contributed by atoms with Gasteiger partial charge in [-0.3, -0.25) is 9.59 Å². The van der Waals surface area contributed by atoms with Crippen LogP contribution in [0.1, 0.15) is 33.1 Å². The fraction of sp³-hybridized carbons (Fsp3) is 0.786. The van der Waals surface area contributed by atoms with E-state index in [2.05, 4.69) is 15.4 Å². The average Bonchev–Trinajstić information content (AvgIpc) is 2.46. The summed E-state index contributed by atoms with van der Waals surface area (Å²) >= 11 is 0. The van der Waals surface area contributed by atoms with E-state index in [1.54, 1.807) is 13.8 Å². The summed E-state index contributed by atoms with van der Waals surface area (Å²) in [5.41, 5.74) is -0.697. The zero-order chi connectivity index (χ0) is 16.0. The smallest absolute Gasteiger partial charge is 0.326 e. The van der Waals surface area contributed by atoms with Crippen molar-refractivity contribution in [3.8, 4) is 0 Å². The predicted molar refractivity (Wildman–Crippen MR) is 75.6 cm³/mol. The van der Waals surface area contributed by atoms with E-state index in [1.165, 1.54) is 7.11 Å². The fourth-order valence-electron chi connectivity index (χ4n) is 2.45. The lowest BCUT2D eigenvalue weighted by Gasteiger charge is -2.36. The Labute approximate surface area is 124 Å². The minimum absolute atomic E-state index is 0.138. The van der Waals surface area contributed by atoms with Gasteiger partial charge in [0.2, 0.25) is 5.91 Å². The minimum atomic E-state index is -1.26. The molecule has 1 rings (SSSR count). The number of carbonyl (C=O) groups excluding carboxylic acids is 2. The van der Waals surface area contributed by atoms with Crippen molar-refractivity contribution in [2.45, 2.75) is 39.2 Å². The standard InChI is InChI=1S/C14H24N2O5/c1-14(2,9-5-4-6-15-8-9)13(20)16-10(12(18)19)7-11(17)21-3/h9-10,15H,4-8H2,1-3H3,(H,16,20)(H,18,19)/t9?,10-/m0/s1. The topological polar surface area (TPSA) is 105 Å². The molecule has 0 radical (unpaired) electrons. The first-order valence-electron chi connectivity index (χ1n) is 7.10. The molecule has 1 heterocycles. The van der Waals surface area contributed by atoms with Crippen molar-refractivity contribution < 1.29 is 24.2 Å². The van der Waals surface area contributed by atoms with Crippen LogP contribution in [0.5, 0.6) is 0 Å². The monoisotopic (exact) mass is 300 g/mol. The van der Waals surface area contributed by atoms with Crippen molar-refractivity contribution in [1.29, 1.82) is 0 Å². The van der Waals surface area contributed by atoms with Gasteiger partial charge in [-0.2, -0.15) is 0 Å². The molecule has 0 bridgehead atoms. The number of hydrogen-bond donors (Lipinski definition) is 3. The highest BCUT2D eigenvalue weighted by Crippen LogP contribution is 2.32. The van der Waals surface area contributed by atoms with Crippen LogP contribution < -0.4 is 10.6 Å². The maximum absolute atomic E-state index is 12.4. The molecule has 0 aliphatic carbocycles. The maximum Gasteiger partial charge on any atom is 0.326 e. The highest BCUT2D eigenvalue weighted by Gasteiger charge is 2.39. The van der Waals surface area contributed by atoms with Gasteiger partial charge >= 0.3 is 11.9 Å². The van der Waals surface area contributed by atoms with Crippen LogP contribution in [0, 0.1) is 11.3 Å². The molecule has 2 atom stereocenters. The van der Waals surface area contributed by atoms with Crippen LogP contribution in [0.15, 0.2) is 0 Å². The number of nitrogens with one attached hydrogen (secondary N) is 2. The molecule has 21 heavy (non-hydrogen) atoms. The van der Waals surface area contributed by atoms with E-state index in [1.807, 2.05) is 0 Å². The Hall–Kier alpha value is -1.63. The molecule has 7 nitrogen and oxygen atoms in total. The largest absolute Gasteiger partial charge is 0.480 e. The Bertz CT molecular complexity index is 402. The van der Waals surface area contributed by atoms with Gasteiger partial charge in [-0.05, 0) is 31.8 Å². The average molecular weight is 300 g/mol. The molecule has 1 amide bonds. The first-order valence-corrected chi connectivity index (χ1v) is 7.10. The molecule has 1 saturated heterocycles. The number of hydrogen-bond acceptors (Lipinski definition) is 5. The third-order valence-corrected chi connectivity index (χ3v) is 4.10. The molecule has 3 N–H and O–H groups in total. The van der Waals surface area contributed by atoms with Crippen LogP contribution in [0.2, 0.25) is 0 Å². The Morgan fingerprint density at radius 3 is 2.57 bits per heavy atom. The zero-order valence-electron chi connectivity index (χ0n) is 12.8. The van der Waals surface area contributed by atoms with Gasteiger partial charge in [0.25, 0.3) is 0 Å². The second kappa shape index (κ2) is 7.40. The molecule has 0 aromatic rings. The van der Waals surface area contributed by atoms with Gasteiger partial charge in [0, 0.05) is 5.41 Å². The molecule has 0 saturated carbocycles. The first-order chi connectivity index (χ1) is 9.78. The van der Waals surface area contributed by atoms with Gasteiger partial charge in [0.15, 0.2) is 0 Å². The normalized spacial score (nSPS) is 20.4.